The number of fused-ring (bicyclic) bond motifs is 1. The van der Waals surface area contributed by atoms with Crippen LogP contribution in [0.25, 0.3) is 10.8 Å². The molecule has 0 aromatic heterocycles. The van der Waals surface area contributed by atoms with Crippen LogP contribution in [0.1, 0.15) is 12.5 Å². The molecule has 0 aliphatic carbocycles. The molecule has 0 amide bonds. The average molecular weight is 198 g/mol. The molecule has 15 heavy (non-hydrogen) atoms. The Bertz CT molecular complexity index is 512. The fraction of sp³-hybridized carbons (Fsp3) is 0.143. The SMILES string of the molecule is C=C(C)Oc1ccc2cc(C)ccc2c1. The number of allylic oxidation sites excluding steroid dienone is 1. The Balaban J connectivity index is 2.47. The van der Waals surface area contributed by atoms with E-state index in [1.165, 1.54) is 16.3 Å². The lowest BCUT2D eigenvalue weighted by Crippen LogP contribution is -1.88. The molecule has 0 saturated heterocycles. The van der Waals surface area contributed by atoms with Gasteiger partial charge < -0.3 is 4.74 Å². The smallest absolute Gasteiger partial charge is 0.127 e. The number of aryl methyl sites for hydroxylation is 1. The van der Waals surface area contributed by atoms with Gasteiger partial charge in [0.25, 0.3) is 0 Å². The number of benzene rings is 2. The molecule has 0 fully saturated rings. The first kappa shape index (κ1) is 9.78. The van der Waals surface area contributed by atoms with Crippen molar-refractivity contribution in [2.45, 2.75) is 13.8 Å². The Labute approximate surface area is 90.0 Å². The van der Waals surface area contributed by atoms with Crippen LogP contribution in [0.15, 0.2) is 48.7 Å². The van der Waals surface area contributed by atoms with Crippen LogP contribution in [0.2, 0.25) is 0 Å². The summed E-state index contributed by atoms with van der Waals surface area (Å²) in [6.45, 7) is 7.66. The van der Waals surface area contributed by atoms with Gasteiger partial charge in [-0.05, 0) is 36.8 Å². The van der Waals surface area contributed by atoms with Gasteiger partial charge in [-0.25, -0.2) is 0 Å². The van der Waals surface area contributed by atoms with E-state index < -0.39 is 0 Å². The third-order valence-electron chi connectivity index (χ3n) is 2.26. The van der Waals surface area contributed by atoms with Gasteiger partial charge in [0.05, 0.1) is 5.76 Å². The third kappa shape index (κ3) is 2.18. The summed E-state index contributed by atoms with van der Waals surface area (Å²) in [7, 11) is 0. The summed E-state index contributed by atoms with van der Waals surface area (Å²) >= 11 is 0. The molecular weight excluding hydrogens is 184 g/mol. The summed E-state index contributed by atoms with van der Waals surface area (Å²) in [5, 5.41) is 2.43. The standard InChI is InChI=1S/C14H14O/c1-10(2)15-14-7-6-12-8-11(3)4-5-13(12)9-14/h4-9H,1H2,2-3H3. The Morgan fingerprint density at radius 2 is 1.73 bits per heavy atom. The van der Waals surface area contributed by atoms with Crippen molar-refractivity contribution in [3.8, 4) is 5.75 Å². The van der Waals surface area contributed by atoms with Crippen molar-refractivity contribution in [3.05, 3.63) is 54.3 Å². The predicted molar refractivity (Wildman–Crippen MR) is 64.1 cm³/mol. The summed E-state index contributed by atoms with van der Waals surface area (Å²) in [6, 6.07) is 12.4. The van der Waals surface area contributed by atoms with Crippen LogP contribution in [0.5, 0.6) is 5.75 Å². The van der Waals surface area contributed by atoms with E-state index in [1.54, 1.807) is 0 Å². The zero-order valence-electron chi connectivity index (χ0n) is 9.08. The quantitative estimate of drug-likeness (QED) is 0.661. The fourth-order valence-corrected chi connectivity index (χ4v) is 1.61. The zero-order chi connectivity index (χ0) is 10.8. The monoisotopic (exact) mass is 198 g/mol. The molecule has 1 heteroatoms. The lowest BCUT2D eigenvalue weighted by Gasteiger charge is -2.06. The number of rotatable bonds is 2. The van der Waals surface area contributed by atoms with E-state index in [0.717, 1.165) is 5.75 Å². The van der Waals surface area contributed by atoms with Crippen LogP contribution >= 0.6 is 0 Å². The lowest BCUT2D eigenvalue weighted by molar-refractivity contribution is 0.431. The Kier molecular flexibility index (Phi) is 2.46. The second kappa shape index (κ2) is 3.77. The van der Waals surface area contributed by atoms with Crippen molar-refractivity contribution in [3.63, 3.8) is 0 Å². The average Bonchev–Trinajstić information content (AvgIpc) is 2.17. The third-order valence-corrected chi connectivity index (χ3v) is 2.26. The highest BCUT2D eigenvalue weighted by Gasteiger charge is 1.97. The molecule has 0 unspecified atom stereocenters. The van der Waals surface area contributed by atoms with Crippen LogP contribution in [0.4, 0.5) is 0 Å². The minimum absolute atomic E-state index is 0.710. The first-order valence-corrected chi connectivity index (χ1v) is 4.99. The molecule has 0 radical (unpaired) electrons. The second-order valence-corrected chi connectivity index (χ2v) is 3.82. The van der Waals surface area contributed by atoms with E-state index >= 15 is 0 Å². The van der Waals surface area contributed by atoms with Crippen LogP contribution in [-0.2, 0) is 0 Å². The van der Waals surface area contributed by atoms with Gasteiger partial charge in [0.1, 0.15) is 5.75 Å². The van der Waals surface area contributed by atoms with Gasteiger partial charge in [-0.1, -0.05) is 36.4 Å². The van der Waals surface area contributed by atoms with Gasteiger partial charge in [0, 0.05) is 0 Å². The molecule has 0 heterocycles. The molecule has 0 N–H and O–H groups in total. The largest absolute Gasteiger partial charge is 0.463 e. The van der Waals surface area contributed by atoms with Crippen molar-refractivity contribution in [1.29, 1.82) is 0 Å². The number of ether oxygens (including phenoxy) is 1. The minimum Gasteiger partial charge on any atom is -0.463 e. The van der Waals surface area contributed by atoms with Gasteiger partial charge in [-0.15, -0.1) is 0 Å². The van der Waals surface area contributed by atoms with Crippen molar-refractivity contribution in [2.75, 3.05) is 0 Å². The molecule has 0 aliphatic rings. The molecular formula is C14H14O. The van der Waals surface area contributed by atoms with Crippen molar-refractivity contribution < 1.29 is 4.74 Å². The van der Waals surface area contributed by atoms with Crippen molar-refractivity contribution >= 4 is 10.8 Å². The summed E-state index contributed by atoms with van der Waals surface area (Å²) in [5.41, 5.74) is 1.27. The molecule has 0 saturated carbocycles. The molecule has 76 valence electrons. The van der Waals surface area contributed by atoms with E-state index in [0.29, 0.717) is 5.76 Å². The minimum atomic E-state index is 0.710. The molecule has 0 atom stereocenters. The van der Waals surface area contributed by atoms with Crippen LogP contribution in [0.3, 0.4) is 0 Å². The summed E-state index contributed by atoms with van der Waals surface area (Å²) < 4.78 is 5.46. The Hall–Kier alpha value is -1.76. The number of hydrogen-bond acceptors (Lipinski definition) is 1. The number of hydrogen-bond donors (Lipinski definition) is 0. The Morgan fingerprint density at radius 1 is 1.07 bits per heavy atom. The summed E-state index contributed by atoms with van der Waals surface area (Å²) in [4.78, 5) is 0. The van der Waals surface area contributed by atoms with E-state index in [1.807, 2.05) is 19.1 Å². The summed E-state index contributed by atoms with van der Waals surface area (Å²) in [6.07, 6.45) is 0. The van der Waals surface area contributed by atoms with E-state index in [-0.39, 0.29) is 0 Å². The lowest BCUT2D eigenvalue weighted by atomic mass is 10.1. The zero-order valence-corrected chi connectivity index (χ0v) is 9.08. The molecule has 1 nitrogen and oxygen atoms in total. The molecule has 0 aliphatic heterocycles. The van der Waals surface area contributed by atoms with Gasteiger partial charge in [-0.2, -0.15) is 0 Å². The highest BCUT2D eigenvalue weighted by molar-refractivity contribution is 5.84. The predicted octanol–water partition coefficient (Wildman–Crippen LogP) is 4.06. The maximum Gasteiger partial charge on any atom is 0.127 e. The maximum atomic E-state index is 5.46. The molecule has 0 spiro atoms. The topological polar surface area (TPSA) is 9.23 Å². The van der Waals surface area contributed by atoms with Crippen LogP contribution < -0.4 is 4.74 Å². The van der Waals surface area contributed by atoms with E-state index in [9.17, 15) is 0 Å². The van der Waals surface area contributed by atoms with Crippen molar-refractivity contribution in [2.24, 2.45) is 0 Å². The molecule has 2 aromatic carbocycles. The van der Waals surface area contributed by atoms with E-state index in [4.69, 9.17) is 4.74 Å². The second-order valence-electron chi connectivity index (χ2n) is 3.82. The van der Waals surface area contributed by atoms with Gasteiger partial charge >= 0.3 is 0 Å². The molecule has 2 aromatic rings. The maximum absolute atomic E-state index is 5.46. The summed E-state index contributed by atoms with van der Waals surface area (Å²) in [5.74, 6) is 1.56. The fourth-order valence-electron chi connectivity index (χ4n) is 1.61. The Morgan fingerprint density at radius 3 is 2.47 bits per heavy atom. The molecule has 2 rings (SSSR count). The first-order valence-electron chi connectivity index (χ1n) is 4.99. The highest BCUT2D eigenvalue weighted by Crippen LogP contribution is 2.22. The molecule has 0 bridgehead atoms. The van der Waals surface area contributed by atoms with Gasteiger partial charge in [0.2, 0.25) is 0 Å². The van der Waals surface area contributed by atoms with Gasteiger partial charge in [-0.3, -0.25) is 0 Å². The van der Waals surface area contributed by atoms with Gasteiger partial charge in [0.15, 0.2) is 0 Å². The van der Waals surface area contributed by atoms with Crippen LogP contribution in [-0.4, -0.2) is 0 Å². The first-order chi connectivity index (χ1) is 7.15. The van der Waals surface area contributed by atoms with Crippen LogP contribution in [0, 0.1) is 6.92 Å². The highest BCUT2D eigenvalue weighted by atomic mass is 16.5. The van der Waals surface area contributed by atoms with Crippen molar-refractivity contribution in [1.82, 2.24) is 0 Å². The van der Waals surface area contributed by atoms with E-state index in [2.05, 4.69) is 37.8 Å². The normalized spacial score (nSPS) is 10.3.